The van der Waals surface area contributed by atoms with Crippen LogP contribution in [0.4, 0.5) is 0 Å². The van der Waals surface area contributed by atoms with Gasteiger partial charge in [0.1, 0.15) is 0 Å². The summed E-state index contributed by atoms with van der Waals surface area (Å²) in [4.78, 5) is 24.3. The summed E-state index contributed by atoms with van der Waals surface area (Å²) in [6, 6.07) is 11.3. The van der Waals surface area contributed by atoms with E-state index in [0.717, 1.165) is 11.1 Å². The Bertz CT molecular complexity index is 1110. The first-order chi connectivity index (χ1) is 15.2. The Morgan fingerprint density at radius 2 is 1.91 bits per heavy atom. The lowest BCUT2D eigenvalue weighted by atomic mass is 10.0. The maximum atomic E-state index is 13.2. The summed E-state index contributed by atoms with van der Waals surface area (Å²) in [6.07, 6.45) is 0.606. The van der Waals surface area contributed by atoms with E-state index in [0.29, 0.717) is 19.6 Å². The normalized spacial score (nSPS) is 15.0. The van der Waals surface area contributed by atoms with E-state index in [2.05, 4.69) is 5.32 Å². The monoisotopic (exact) mass is 480 g/mol. The van der Waals surface area contributed by atoms with Crippen molar-refractivity contribution >= 4 is 33.5 Å². The van der Waals surface area contributed by atoms with E-state index in [1.54, 1.807) is 6.92 Å². The van der Waals surface area contributed by atoms with Gasteiger partial charge in [-0.3, -0.25) is 4.79 Å². The molecule has 1 amide bonds. The molecule has 1 N–H and O–H groups in total. The zero-order valence-corrected chi connectivity index (χ0v) is 19.4. The Hall–Kier alpha value is -2.46. The van der Waals surface area contributed by atoms with Crippen molar-refractivity contribution in [3.63, 3.8) is 0 Å². The second-order valence-electron chi connectivity index (χ2n) is 7.50. The molecule has 0 fully saturated rings. The highest BCUT2D eigenvalue weighted by Gasteiger charge is 2.29. The van der Waals surface area contributed by atoms with Crippen LogP contribution in [0.5, 0.6) is 0 Å². The van der Waals surface area contributed by atoms with Gasteiger partial charge in [0.05, 0.1) is 22.1 Å². The van der Waals surface area contributed by atoms with Crippen LogP contribution in [0.3, 0.4) is 0 Å². The number of hydrogen-bond donors (Lipinski definition) is 1. The molecular weight excluding hydrogens is 456 g/mol. The molecule has 2 aromatic carbocycles. The number of methoxy groups -OCH3 is 1. The van der Waals surface area contributed by atoms with Crippen LogP contribution in [0.2, 0.25) is 5.02 Å². The summed E-state index contributed by atoms with van der Waals surface area (Å²) in [6.45, 7) is 2.12. The molecule has 0 bridgehead atoms. The van der Waals surface area contributed by atoms with Crippen molar-refractivity contribution in [1.29, 1.82) is 0 Å². The first-order valence-electron chi connectivity index (χ1n) is 10.0. The highest BCUT2D eigenvalue weighted by atomic mass is 35.5. The third kappa shape index (κ3) is 5.66. The number of nitrogens with one attached hydrogen (secondary N) is 1. The molecule has 8 nitrogen and oxygen atoms in total. The maximum absolute atomic E-state index is 13.2. The minimum atomic E-state index is -3.86. The molecule has 3 rings (SSSR count). The predicted octanol–water partition coefficient (Wildman–Crippen LogP) is 2.39. The number of benzene rings is 2. The van der Waals surface area contributed by atoms with Crippen LogP contribution in [0.15, 0.2) is 47.4 Å². The van der Waals surface area contributed by atoms with Crippen molar-refractivity contribution in [2.45, 2.75) is 30.8 Å². The SMILES string of the molecule is COCC(C)NC(=O)COC(=O)c1cc(S(=O)(=O)N2CCc3ccccc3C2)ccc1Cl. The number of carbonyl (C=O) groups excluding carboxylic acids is 2. The summed E-state index contributed by atoms with van der Waals surface area (Å²) in [5.74, 6) is -1.39. The van der Waals surface area contributed by atoms with Gasteiger partial charge in [-0.2, -0.15) is 4.31 Å². The van der Waals surface area contributed by atoms with Crippen LogP contribution < -0.4 is 5.32 Å². The number of carbonyl (C=O) groups is 2. The van der Waals surface area contributed by atoms with Crippen molar-refractivity contribution < 1.29 is 27.5 Å². The van der Waals surface area contributed by atoms with E-state index < -0.39 is 28.5 Å². The second-order valence-corrected chi connectivity index (χ2v) is 9.84. The molecule has 1 aliphatic heterocycles. The Kier molecular flexibility index (Phi) is 7.89. The minimum absolute atomic E-state index is 0.0334. The molecule has 0 aromatic heterocycles. The van der Waals surface area contributed by atoms with Crippen LogP contribution >= 0.6 is 11.6 Å². The van der Waals surface area contributed by atoms with E-state index in [1.165, 1.54) is 29.6 Å². The molecule has 10 heteroatoms. The number of ether oxygens (including phenoxy) is 2. The predicted molar refractivity (Wildman–Crippen MR) is 119 cm³/mol. The fourth-order valence-corrected chi connectivity index (χ4v) is 5.10. The molecule has 1 aliphatic rings. The fourth-order valence-electron chi connectivity index (χ4n) is 3.46. The highest BCUT2D eigenvalue weighted by Crippen LogP contribution is 2.27. The van der Waals surface area contributed by atoms with Gasteiger partial charge in [0.15, 0.2) is 6.61 Å². The van der Waals surface area contributed by atoms with Crippen LogP contribution in [-0.2, 0) is 37.3 Å². The number of nitrogens with zero attached hydrogens (tertiary/aromatic N) is 1. The Balaban J connectivity index is 1.72. The third-order valence-corrected chi connectivity index (χ3v) is 7.22. The Morgan fingerprint density at radius 3 is 2.62 bits per heavy atom. The standard InChI is InChI=1S/C22H25ClN2O6S/c1-15(13-30-2)24-21(26)14-31-22(27)19-11-18(7-8-20(19)23)32(28,29)25-10-9-16-5-3-4-6-17(16)12-25/h3-8,11,15H,9-10,12-14H2,1-2H3,(H,24,26). The molecule has 2 aromatic rings. The number of fused-ring (bicyclic) bond motifs is 1. The van der Waals surface area contributed by atoms with Crippen molar-refractivity contribution in [2.24, 2.45) is 0 Å². The van der Waals surface area contributed by atoms with Gasteiger partial charge in [0, 0.05) is 26.2 Å². The van der Waals surface area contributed by atoms with Crippen molar-refractivity contribution in [3.05, 3.63) is 64.2 Å². The summed E-state index contributed by atoms with van der Waals surface area (Å²) in [7, 11) is -2.35. The Labute approximate surface area is 192 Å². The first kappa shape index (κ1) is 24.2. The lowest BCUT2D eigenvalue weighted by Crippen LogP contribution is -2.38. The fraction of sp³-hybridized carbons (Fsp3) is 0.364. The van der Waals surface area contributed by atoms with E-state index in [4.69, 9.17) is 21.1 Å². The third-order valence-electron chi connectivity index (χ3n) is 5.05. The molecular formula is C22H25ClN2O6S. The summed E-state index contributed by atoms with van der Waals surface area (Å²) < 4.78 is 37.7. The highest BCUT2D eigenvalue weighted by molar-refractivity contribution is 7.89. The van der Waals surface area contributed by atoms with E-state index in [1.807, 2.05) is 24.3 Å². The van der Waals surface area contributed by atoms with Gasteiger partial charge in [-0.15, -0.1) is 0 Å². The maximum Gasteiger partial charge on any atom is 0.340 e. The van der Waals surface area contributed by atoms with Gasteiger partial charge in [-0.1, -0.05) is 35.9 Å². The summed E-state index contributed by atoms with van der Waals surface area (Å²) in [5, 5.41) is 2.65. The molecule has 0 saturated carbocycles. The van der Waals surface area contributed by atoms with Crippen LogP contribution in [0, 0.1) is 0 Å². The number of halogens is 1. The average molecular weight is 481 g/mol. The number of esters is 1. The van der Waals surface area contributed by atoms with Crippen LogP contribution in [-0.4, -0.2) is 57.5 Å². The lowest BCUT2D eigenvalue weighted by molar-refractivity contribution is -0.125. The molecule has 32 heavy (non-hydrogen) atoms. The molecule has 1 atom stereocenters. The van der Waals surface area contributed by atoms with Crippen LogP contribution in [0.1, 0.15) is 28.4 Å². The average Bonchev–Trinajstić information content (AvgIpc) is 2.77. The molecule has 1 heterocycles. The summed E-state index contributed by atoms with van der Waals surface area (Å²) >= 11 is 6.11. The van der Waals surface area contributed by atoms with E-state index >= 15 is 0 Å². The Morgan fingerprint density at radius 1 is 1.19 bits per heavy atom. The van der Waals surface area contributed by atoms with Crippen molar-refractivity contribution in [1.82, 2.24) is 9.62 Å². The van der Waals surface area contributed by atoms with Crippen molar-refractivity contribution in [2.75, 3.05) is 26.9 Å². The number of rotatable bonds is 8. The number of amides is 1. The second kappa shape index (κ2) is 10.4. The quantitative estimate of drug-likeness (QED) is 0.582. The first-order valence-corrected chi connectivity index (χ1v) is 11.9. The summed E-state index contributed by atoms with van der Waals surface area (Å²) in [5.41, 5.74) is 1.95. The minimum Gasteiger partial charge on any atom is -0.452 e. The molecule has 1 unspecified atom stereocenters. The zero-order valence-electron chi connectivity index (χ0n) is 17.8. The molecule has 0 spiro atoms. The van der Waals surface area contributed by atoms with E-state index in [-0.39, 0.29) is 28.1 Å². The van der Waals surface area contributed by atoms with Gasteiger partial charge < -0.3 is 14.8 Å². The molecule has 0 saturated heterocycles. The largest absolute Gasteiger partial charge is 0.452 e. The van der Waals surface area contributed by atoms with Gasteiger partial charge in [-0.05, 0) is 42.7 Å². The molecule has 0 aliphatic carbocycles. The lowest BCUT2D eigenvalue weighted by Gasteiger charge is -2.28. The number of hydrogen-bond acceptors (Lipinski definition) is 6. The molecule has 0 radical (unpaired) electrons. The van der Waals surface area contributed by atoms with Gasteiger partial charge >= 0.3 is 5.97 Å². The molecule has 172 valence electrons. The van der Waals surface area contributed by atoms with Gasteiger partial charge in [0.2, 0.25) is 10.0 Å². The number of sulfonamides is 1. The van der Waals surface area contributed by atoms with Crippen LogP contribution in [0.25, 0.3) is 0 Å². The zero-order chi connectivity index (χ0) is 23.3. The van der Waals surface area contributed by atoms with Crippen molar-refractivity contribution in [3.8, 4) is 0 Å². The van der Waals surface area contributed by atoms with Gasteiger partial charge in [0.25, 0.3) is 5.91 Å². The van der Waals surface area contributed by atoms with E-state index in [9.17, 15) is 18.0 Å². The smallest absolute Gasteiger partial charge is 0.340 e. The van der Waals surface area contributed by atoms with Gasteiger partial charge in [-0.25, -0.2) is 13.2 Å². The topological polar surface area (TPSA) is 102 Å².